The van der Waals surface area contributed by atoms with Crippen LogP contribution in [0.15, 0.2) is 52.3 Å². The predicted molar refractivity (Wildman–Crippen MR) is 129 cm³/mol. The molecule has 37 heavy (non-hydrogen) atoms. The molecule has 0 aliphatic carbocycles. The summed E-state index contributed by atoms with van der Waals surface area (Å²) < 4.78 is 75.2. The summed E-state index contributed by atoms with van der Waals surface area (Å²) in [6.45, 7) is 3.60. The highest BCUT2D eigenvalue weighted by molar-refractivity contribution is 7.90. The molecule has 1 amide bonds. The fraction of sp³-hybridized carbons (Fsp3) is 0.520. The molecule has 2 fully saturated rings. The normalized spacial score (nSPS) is 24.1. The highest BCUT2D eigenvalue weighted by atomic mass is 32.2. The SMILES string of the molecule is C[C@@H]1C[C@@H]2C[C@H](Oc3ccn(-c4ccc(S(C)(=O)=O)cc4)c(=O)c3)C[C@@H]1N2C(=O)OC(C)(C)C(F)(F)F. The van der Waals surface area contributed by atoms with Crippen LogP contribution >= 0.6 is 0 Å². The van der Waals surface area contributed by atoms with Gasteiger partial charge < -0.3 is 14.4 Å². The monoisotopic (exact) mass is 542 g/mol. The lowest BCUT2D eigenvalue weighted by Crippen LogP contribution is -2.54. The molecule has 1 aromatic heterocycles. The molecule has 4 atom stereocenters. The van der Waals surface area contributed by atoms with Crippen molar-refractivity contribution in [1.29, 1.82) is 0 Å². The van der Waals surface area contributed by atoms with Gasteiger partial charge in [-0.15, -0.1) is 0 Å². The van der Waals surface area contributed by atoms with Crippen LogP contribution in [-0.4, -0.2) is 60.2 Å². The average Bonchev–Trinajstić information content (AvgIpc) is 2.98. The topological polar surface area (TPSA) is 94.9 Å². The zero-order valence-electron chi connectivity index (χ0n) is 20.9. The Kier molecular flexibility index (Phi) is 6.85. The minimum absolute atomic E-state index is 0.0584. The lowest BCUT2D eigenvalue weighted by molar-refractivity contribution is -0.247. The van der Waals surface area contributed by atoms with Gasteiger partial charge in [0.15, 0.2) is 9.84 Å². The summed E-state index contributed by atoms with van der Waals surface area (Å²) >= 11 is 0. The molecule has 0 radical (unpaired) electrons. The molecule has 2 aliphatic heterocycles. The molecule has 3 heterocycles. The molecular formula is C25H29F3N2O6S. The first-order chi connectivity index (χ1) is 17.1. The van der Waals surface area contributed by atoms with E-state index in [9.17, 15) is 31.2 Å². The van der Waals surface area contributed by atoms with Gasteiger partial charge in [-0.25, -0.2) is 13.2 Å². The second-order valence-electron chi connectivity index (χ2n) is 10.3. The number of rotatable bonds is 5. The number of pyridine rings is 1. The third-order valence-corrected chi connectivity index (χ3v) is 8.19. The zero-order chi connectivity index (χ0) is 27.3. The molecule has 1 aromatic carbocycles. The molecule has 0 spiro atoms. The second kappa shape index (κ2) is 9.38. The maximum absolute atomic E-state index is 13.2. The number of carbonyl (C=O) groups is 1. The molecule has 0 unspecified atom stereocenters. The van der Waals surface area contributed by atoms with E-state index in [1.165, 1.54) is 46.0 Å². The van der Waals surface area contributed by atoms with E-state index in [0.717, 1.165) is 20.1 Å². The number of fused-ring (bicyclic) bond motifs is 2. The van der Waals surface area contributed by atoms with E-state index in [1.54, 1.807) is 6.07 Å². The molecule has 8 nitrogen and oxygen atoms in total. The highest BCUT2D eigenvalue weighted by Gasteiger charge is 2.54. The number of sulfone groups is 1. The number of amides is 1. The first-order valence-corrected chi connectivity index (χ1v) is 13.7. The Morgan fingerprint density at radius 1 is 1.05 bits per heavy atom. The molecule has 0 N–H and O–H groups in total. The Hall–Kier alpha value is -3.02. The van der Waals surface area contributed by atoms with Crippen LogP contribution in [0.25, 0.3) is 5.69 Å². The van der Waals surface area contributed by atoms with Crippen LogP contribution in [0.5, 0.6) is 5.75 Å². The maximum Gasteiger partial charge on any atom is 0.427 e. The van der Waals surface area contributed by atoms with E-state index < -0.39 is 27.7 Å². The van der Waals surface area contributed by atoms with Gasteiger partial charge >= 0.3 is 12.3 Å². The van der Waals surface area contributed by atoms with Gasteiger partial charge in [0, 0.05) is 49.1 Å². The van der Waals surface area contributed by atoms with Crippen LogP contribution in [0.2, 0.25) is 0 Å². The number of ether oxygens (including phenoxy) is 2. The number of hydrogen-bond donors (Lipinski definition) is 0. The first-order valence-electron chi connectivity index (χ1n) is 11.8. The Labute approximate surface area is 212 Å². The van der Waals surface area contributed by atoms with Gasteiger partial charge in [-0.1, -0.05) is 6.92 Å². The summed E-state index contributed by atoms with van der Waals surface area (Å²) in [7, 11) is -3.36. The van der Waals surface area contributed by atoms with Crippen molar-refractivity contribution < 1.29 is 35.9 Å². The standard InChI is InChI=1S/C25H29F3N2O6S/c1-15-11-17-12-19(13-21(15)30(17)23(32)36-24(2,3)25(26,27)28)35-18-9-10-29(22(31)14-18)16-5-7-20(8-6-16)37(4,33)34/h5-10,14-15,17,19,21H,11-13H2,1-4H3/t15-,17-,19+,21+/m1/s1. The lowest BCUT2D eigenvalue weighted by Gasteiger charge is -2.40. The van der Waals surface area contributed by atoms with Crippen molar-refractivity contribution in [2.75, 3.05) is 6.26 Å². The second-order valence-corrected chi connectivity index (χ2v) is 12.3. The number of hydrogen-bond acceptors (Lipinski definition) is 6. The number of halogens is 3. The molecule has 0 saturated carbocycles. The Morgan fingerprint density at radius 2 is 1.70 bits per heavy atom. The minimum atomic E-state index is -4.69. The maximum atomic E-state index is 13.2. The Bertz CT molecular complexity index is 1340. The van der Waals surface area contributed by atoms with E-state index in [-0.39, 0.29) is 34.6 Å². The summed E-state index contributed by atoms with van der Waals surface area (Å²) in [6.07, 6.45) is -1.95. The van der Waals surface area contributed by atoms with Crippen LogP contribution in [0, 0.1) is 5.92 Å². The largest absolute Gasteiger partial charge is 0.490 e. The van der Waals surface area contributed by atoms with Crippen molar-refractivity contribution >= 4 is 15.9 Å². The fourth-order valence-corrected chi connectivity index (χ4v) is 5.60. The number of alkyl halides is 3. The van der Waals surface area contributed by atoms with Gasteiger partial charge in [-0.2, -0.15) is 13.2 Å². The number of benzene rings is 1. The number of aromatic nitrogens is 1. The number of piperidine rings is 1. The highest BCUT2D eigenvalue weighted by Crippen LogP contribution is 2.42. The molecule has 2 aromatic rings. The molecule has 2 bridgehead atoms. The van der Waals surface area contributed by atoms with Gasteiger partial charge in [0.05, 0.1) is 4.90 Å². The Balaban J connectivity index is 1.45. The van der Waals surface area contributed by atoms with Crippen molar-refractivity contribution in [2.45, 2.75) is 74.9 Å². The summed E-state index contributed by atoms with van der Waals surface area (Å²) in [5.74, 6) is 0.392. The number of nitrogens with zero attached hydrogens (tertiary/aromatic N) is 2. The Morgan fingerprint density at radius 3 is 2.24 bits per heavy atom. The van der Waals surface area contributed by atoms with E-state index in [4.69, 9.17) is 9.47 Å². The molecule has 2 saturated heterocycles. The van der Waals surface area contributed by atoms with E-state index in [1.807, 2.05) is 6.92 Å². The van der Waals surface area contributed by atoms with E-state index in [0.29, 0.717) is 30.7 Å². The average molecular weight is 543 g/mol. The van der Waals surface area contributed by atoms with Crippen molar-refractivity contribution in [3.8, 4) is 11.4 Å². The summed E-state index contributed by atoms with van der Waals surface area (Å²) in [5.41, 5.74) is -2.49. The molecule has 2 aliphatic rings. The summed E-state index contributed by atoms with van der Waals surface area (Å²) in [6, 6.07) is 8.18. The molecule has 202 valence electrons. The predicted octanol–water partition coefficient (Wildman–Crippen LogP) is 4.34. The quantitative estimate of drug-likeness (QED) is 0.558. The van der Waals surface area contributed by atoms with Gasteiger partial charge in [-0.05, 0) is 56.5 Å². The van der Waals surface area contributed by atoms with Crippen molar-refractivity contribution in [3.05, 3.63) is 52.9 Å². The molecule has 12 heteroatoms. The lowest BCUT2D eigenvalue weighted by atomic mass is 9.97. The van der Waals surface area contributed by atoms with Crippen LogP contribution < -0.4 is 10.3 Å². The molecular weight excluding hydrogens is 513 g/mol. The first kappa shape index (κ1) is 27.0. The van der Waals surface area contributed by atoms with Crippen LogP contribution in [0.1, 0.15) is 40.0 Å². The summed E-state index contributed by atoms with van der Waals surface area (Å²) in [4.78, 5) is 27.0. The summed E-state index contributed by atoms with van der Waals surface area (Å²) in [5, 5.41) is 0. The smallest absolute Gasteiger partial charge is 0.427 e. The van der Waals surface area contributed by atoms with Crippen molar-refractivity contribution in [1.82, 2.24) is 9.47 Å². The molecule has 4 rings (SSSR count). The minimum Gasteiger partial charge on any atom is -0.490 e. The third-order valence-electron chi connectivity index (χ3n) is 7.06. The van der Waals surface area contributed by atoms with Gasteiger partial charge in [-0.3, -0.25) is 9.36 Å². The van der Waals surface area contributed by atoms with Crippen molar-refractivity contribution in [2.24, 2.45) is 5.92 Å². The fourth-order valence-electron chi connectivity index (χ4n) is 4.97. The third kappa shape index (κ3) is 5.48. The van der Waals surface area contributed by atoms with E-state index in [2.05, 4.69) is 0 Å². The van der Waals surface area contributed by atoms with Crippen LogP contribution in [-0.2, 0) is 14.6 Å². The van der Waals surface area contributed by atoms with Gasteiger partial charge in [0.2, 0.25) is 5.60 Å². The van der Waals surface area contributed by atoms with Crippen LogP contribution in [0.3, 0.4) is 0 Å². The van der Waals surface area contributed by atoms with Crippen molar-refractivity contribution in [3.63, 3.8) is 0 Å². The van der Waals surface area contributed by atoms with Gasteiger partial charge in [0.25, 0.3) is 5.56 Å². The van der Waals surface area contributed by atoms with Gasteiger partial charge in [0.1, 0.15) is 11.9 Å². The van der Waals surface area contributed by atoms with E-state index >= 15 is 0 Å². The zero-order valence-corrected chi connectivity index (χ0v) is 21.7. The number of carbonyl (C=O) groups excluding carboxylic acids is 1. The van der Waals surface area contributed by atoms with Crippen LogP contribution in [0.4, 0.5) is 18.0 Å².